The highest BCUT2D eigenvalue weighted by molar-refractivity contribution is 6.00. The molecule has 1 aromatic carbocycles. The Morgan fingerprint density at radius 1 is 1.41 bits per heavy atom. The first-order valence-electron chi connectivity index (χ1n) is 10.1. The molecular weight excluding hydrogens is 429 g/mol. The molecular formula is C22H19F3N2O5. The van der Waals surface area contributed by atoms with E-state index < -0.39 is 52.5 Å². The molecule has 4 saturated heterocycles. The highest BCUT2D eigenvalue weighted by Crippen LogP contribution is 2.67. The first-order chi connectivity index (χ1) is 15.1. The van der Waals surface area contributed by atoms with Gasteiger partial charge in [0.2, 0.25) is 5.91 Å². The number of rotatable bonds is 2. The first-order valence-corrected chi connectivity index (χ1v) is 10.1. The van der Waals surface area contributed by atoms with Crippen LogP contribution >= 0.6 is 0 Å². The lowest BCUT2D eigenvalue weighted by Gasteiger charge is -2.43. The zero-order valence-electron chi connectivity index (χ0n) is 17.2. The summed E-state index contributed by atoms with van der Waals surface area (Å²) in [5.41, 5.74) is -2.73. The van der Waals surface area contributed by atoms with Gasteiger partial charge in [-0.15, -0.1) is 0 Å². The van der Waals surface area contributed by atoms with Crippen molar-refractivity contribution in [2.24, 2.45) is 11.8 Å². The summed E-state index contributed by atoms with van der Waals surface area (Å²) in [5, 5.41) is 9.08. The van der Waals surface area contributed by atoms with Crippen molar-refractivity contribution >= 4 is 17.6 Å². The van der Waals surface area contributed by atoms with Crippen molar-refractivity contribution < 1.29 is 37.0 Å². The molecule has 168 valence electrons. The number of benzene rings is 1. The molecule has 5 rings (SSSR count). The van der Waals surface area contributed by atoms with Gasteiger partial charge in [0.15, 0.2) is 0 Å². The van der Waals surface area contributed by atoms with Gasteiger partial charge in [-0.05, 0) is 30.7 Å². The lowest BCUT2D eigenvalue weighted by Crippen LogP contribution is -2.52. The van der Waals surface area contributed by atoms with Crippen molar-refractivity contribution in [3.8, 4) is 6.07 Å². The normalized spacial score (nSPS) is 36.4. The number of nitriles is 1. The predicted molar refractivity (Wildman–Crippen MR) is 102 cm³/mol. The average molecular weight is 448 g/mol. The molecule has 1 amide bonds. The Morgan fingerprint density at radius 2 is 2.16 bits per heavy atom. The maximum atomic E-state index is 13.5. The molecule has 1 aromatic rings. The van der Waals surface area contributed by atoms with E-state index in [1.54, 1.807) is 13.0 Å². The summed E-state index contributed by atoms with van der Waals surface area (Å²) in [6.07, 6.45) is -3.44. The number of amides is 1. The fourth-order valence-corrected chi connectivity index (χ4v) is 5.95. The Bertz CT molecular complexity index is 1110. The molecule has 4 aliphatic rings. The summed E-state index contributed by atoms with van der Waals surface area (Å²) >= 11 is 0. The van der Waals surface area contributed by atoms with Crippen LogP contribution in [-0.4, -0.2) is 43.0 Å². The molecule has 10 heteroatoms. The van der Waals surface area contributed by atoms with Crippen LogP contribution in [0.25, 0.3) is 0 Å². The number of esters is 1. The third kappa shape index (κ3) is 2.61. The molecule has 2 bridgehead atoms. The molecule has 4 fully saturated rings. The van der Waals surface area contributed by atoms with Crippen molar-refractivity contribution in [3.05, 3.63) is 41.0 Å². The Balaban J connectivity index is 1.61. The summed E-state index contributed by atoms with van der Waals surface area (Å²) in [6, 6.07) is 4.76. The number of nitrogens with zero attached hydrogens (tertiary/aromatic N) is 2. The molecule has 0 aliphatic carbocycles. The Kier molecular flexibility index (Phi) is 4.30. The van der Waals surface area contributed by atoms with Gasteiger partial charge < -0.3 is 14.2 Å². The maximum Gasteiger partial charge on any atom is 0.417 e. The summed E-state index contributed by atoms with van der Waals surface area (Å²) in [4.78, 5) is 26.7. The van der Waals surface area contributed by atoms with E-state index in [1.165, 1.54) is 24.2 Å². The minimum absolute atomic E-state index is 0.0132. The van der Waals surface area contributed by atoms with Gasteiger partial charge in [0, 0.05) is 24.6 Å². The highest BCUT2D eigenvalue weighted by atomic mass is 19.4. The zero-order chi connectivity index (χ0) is 23.1. The molecule has 5 atom stereocenters. The average Bonchev–Trinajstić information content (AvgIpc) is 3.30. The third-order valence-corrected chi connectivity index (χ3v) is 7.08. The molecule has 4 heterocycles. The summed E-state index contributed by atoms with van der Waals surface area (Å²) in [7, 11) is 1.27. The van der Waals surface area contributed by atoms with Crippen molar-refractivity contribution in [2.75, 3.05) is 18.6 Å². The maximum absolute atomic E-state index is 13.5. The van der Waals surface area contributed by atoms with Crippen LogP contribution in [0.5, 0.6) is 0 Å². The van der Waals surface area contributed by atoms with E-state index in [2.05, 4.69) is 0 Å². The van der Waals surface area contributed by atoms with Crippen LogP contribution in [0.3, 0.4) is 0 Å². The van der Waals surface area contributed by atoms with Gasteiger partial charge in [-0.1, -0.05) is 0 Å². The minimum Gasteiger partial charge on any atom is -0.466 e. The van der Waals surface area contributed by atoms with E-state index in [0.29, 0.717) is 18.4 Å². The van der Waals surface area contributed by atoms with E-state index in [4.69, 9.17) is 19.5 Å². The fraction of sp³-hybridized carbons (Fsp3) is 0.500. The zero-order valence-corrected chi connectivity index (χ0v) is 17.2. The molecule has 1 spiro atoms. The topological polar surface area (TPSA) is 88.9 Å². The third-order valence-electron chi connectivity index (χ3n) is 7.08. The summed E-state index contributed by atoms with van der Waals surface area (Å²) in [5.74, 6) is -2.03. The van der Waals surface area contributed by atoms with Gasteiger partial charge in [-0.25, -0.2) is 4.79 Å². The Hall–Kier alpha value is -2.90. The second-order valence-corrected chi connectivity index (χ2v) is 8.74. The van der Waals surface area contributed by atoms with E-state index in [9.17, 15) is 22.8 Å². The lowest BCUT2D eigenvalue weighted by atomic mass is 9.64. The van der Waals surface area contributed by atoms with Crippen LogP contribution in [0, 0.1) is 23.2 Å². The van der Waals surface area contributed by atoms with Gasteiger partial charge in [0.25, 0.3) is 0 Å². The monoisotopic (exact) mass is 448 g/mol. The number of hydrogen-bond acceptors (Lipinski definition) is 6. The van der Waals surface area contributed by atoms with Crippen molar-refractivity contribution in [1.82, 2.24) is 0 Å². The van der Waals surface area contributed by atoms with Gasteiger partial charge in [0.1, 0.15) is 11.8 Å². The van der Waals surface area contributed by atoms with Crippen LogP contribution in [0.2, 0.25) is 0 Å². The van der Waals surface area contributed by atoms with E-state index in [-0.39, 0.29) is 18.2 Å². The van der Waals surface area contributed by atoms with Crippen molar-refractivity contribution in [1.29, 1.82) is 5.26 Å². The van der Waals surface area contributed by atoms with E-state index in [0.717, 1.165) is 12.1 Å². The smallest absolute Gasteiger partial charge is 0.417 e. The molecule has 32 heavy (non-hydrogen) atoms. The first kappa shape index (κ1) is 21.0. The summed E-state index contributed by atoms with van der Waals surface area (Å²) in [6.45, 7) is 1.99. The Labute approximate surface area is 181 Å². The molecule has 0 unspecified atom stereocenters. The van der Waals surface area contributed by atoms with Crippen LogP contribution in [0.1, 0.15) is 30.9 Å². The number of ether oxygens (including phenoxy) is 3. The molecule has 0 saturated carbocycles. The van der Waals surface area contributed by atoms with Gasteiger partial charge in [0.05, 0.1) is 48.3 Å². The predicted octanol–water partition coefficient (Wildman–Crippen LogP) is 2.93. The standard InChI is InChI=1S/C22H19F3N2O5/c1-20-9-12(7-15(28)30-2)21(32-20)5-6-31-19-17(21)16(20)18(29)27(19)13-4-3-11(10-26)14(8-13)22(23,24)25/h3-4,7-8,16-17,19H,5-6,9H2,1-2H3/t16-,17+,19+,20-,21+/m1/s1. The van der Waals surface area contributed by atoms with Gasteiger partial charge in [-0.2, -0.15) is 18.4 Å². The molecule has 4 aliphatic heterocycles. The molecule has 0 radical (unpaired) electrons. The lowest BCUT2D eigenvalue weighted by molar-refractivity contribution is -0.138. The second kappa shape index (κ2) is 6.56. The number of fused-ring (bicyclic) bond motifs is 2. The molecule has 7 nitrogen and oxygen atoms in total. The SMILES string of the molecule is COC(=O)C=C1C[C@@]2(C)O[C@@]13CCO[C@H]1[C@@H]3[C@@H]2C(=O)N1c1ccc(C#N)c(C(F)(F)F)c1. The number of halogens is 3. The highest BCUT2D eigenvalue weighted by Gasteiger charge is 2.76. The van der Waals surface area contributed by atoms with Crippen LogP contribution in [0.4, 0.5) is 18.9 Å². The van der Waals surface area contributed by atoms with Crippen LogP contribution in [0.15, 0.2) is 29.8 Å². The van der Waals surface area contributed by atoms with Gasteiger partial charge >= 0.3 is 12.1 Å². The van der Waals surface area contributed by atoms with E-state index in [1.807, 2.05) is 0 Å². The number of hydrogen-bond donors (Lipinski definition) is 0. The minimum atomic E-state index is -4.75. The van der Waals surface area contributed by atoms with Crippen molar-refractivity contribution in [2.45, 2.75) is 43.4 Å². The molecule has 0 aromatic heterocycles. The largest absolute Gasteiger partial charge is 0.466 e. The van der Waals surface area contributed by atoms with Gasteiger partial charge in [-0.3, -0.25) is 9.69 Å². The number of methoxy groups -OCH3 is 1. The summed E-state index contributed by atoms with van der Waals surface area (Å²) < 4.78 is 57.6. The number of carbonyl (C=O) groups is 2. The fourth-order valence-electron chi connectivity index (χ4n) is 5.95. The van der Waals surface area contributed by atoms with Crippen molar-refractivity contribution in [3.63, 3.8) is 0 Å². The number of anilines is 1. The van der Waals surface area contributed by atoms with Crippen LogP contribution in [-0.2, 0) is 30.0 Å². The van der Waals surface area contributed by atoms with E-state index >= 15 is 0 Å². The quantitative estimate of drug-likeness (QED) is 0.511. The number of alkyl halides is 3. The molecule has 0 N–H and O–H groups in total. The second-order valence-electron chi connectivity index (χ2n) is 8.74. The van der Waals surface area contributed by atoms with Crippen LogP contribution < -0.4 is 4.90 Å². The Morgan fingerprint density at radius 3 is 2.81 bits per heavy atom. The number of carbonyl (C=O) groups excluding carboxylic acids is 2.